The van der Waals surface area contributed by atoms with Gasteiger partial charge in [-0.05, 0) is 42.7 Å². The number of carbonyl (C=O) groups is 2. The molecule has 0 aromatic heterocycles. The van der Waals surface area contributed by atoms with Crippen LogP contribution in [-0.4, -0.2) is 36.5 Å². The van der Waals surface area contributed by atoms with Gasteiger partial charge in [0.2, 0.25) is 5.91 Å². The zero-order valence-electron chi connectivity index (χ0n) is 17.6. The average molecular weight is 427 g/mol. The molecule has 1 aliphatic rings. The maximum Gasteiger partial charge on any atom is 0.272 e. The molecular weight excluding hydrogens is 402 g/mol. The molecule has 1 aliphatic heterocycles. The highest BCUT2D eigenvalue weighted by molar-refractivity contribution is 5.96. The third-order valence-corrected chi connectivity index (χ3v) is 4.97. The van der Waals surface area contributed by atoms with Crippen LogP contribution in [0.4, 0.5) is 5.69 Å². The third kappa shape index (κ3) is 5.30. The fraction of sp³-hybridized carbons (Fsp3) is 0.364. The molecule has 0 radical (unpaired) electrons. The lowest BCUT2D eigenvalue weighted by Crippen LogP contribution is -2.40. The van der Waals surface area contributed by atoms with Crippen LogP contribution in [0.1, 0.15) is 41.4 Å². The zero-order valence-corrected chi connectivity index (χ0v) is 17.6. The molecule has 9 nitrogen and oxygen atoms in total. The van der Waals surface area contributed by atoms with Crippen LogP contribution in [0.15, 0.2) is 36.4 Å². The summed E-state index contributed by atoms with van der Waals surface area (Å²) in [6.45, 7) is 6.29. The second kappa shape index (κ2) is 9.46. The van der Waals surface area contributed by atoms with Gasteiger partial charge in [0.1, 0.15) is 13.2 Å². The largest absolute Gasteiger partial charge is 0.486 e. The number of amides is 2. The number of hydrogen-bond acceptors (Lipinski definition) is 6. The Morgan fingerprint density at radius 1 is 1.10 bits per heavy atom. The molecule has 3 rings (SSSR count). The van der Waals surface area contributed by atoms with Crippen molar-refractivity contribution in [2.75, 3.05) is 19.8 Å². The van der Waals surface area contributed by atoms with Gasteiger partial charge < -0.3 is 20.1 Å². The Balaban J connectivity index is 1.62. The maximum atomic E-state index is 12.5. The smallest absolute Gasteiger partial charge is 0.272 e. The van der Waals surface area contributed by atoms with Crippen LogP contribution < -0.4 is 20.1 Å². The summed E-state index contributed by atoms with van der Waals surface area (Å²) in [7, 11) is 0. The first-order chi connectivity index (χ1) is 14.8. The number of nitrogens with zero attached hydrogens (tertiary/aromatic N) is 1. The Morgan fingerprint density at radius 3 is 2.45 bits per heavy atom. The van der Waals surface area contributed by atoms with E-state index in [0.29, 0.717) is 30.3 Å². The Bertz CT molecular complexity index is 1000. The van der Waals surface area contributed by atoms with Crippen LogP contribution in [0.5, 0.6) is 11.5 Å². The number of fused-ring (bicyclic) bond motifs is 1. The highest BCUT2D eigenvalue weighted by Gasteiger charge is 2.22. The number of nitrogens with one attached hydrogen (secondary N) is 2. The van der Waals surface area contributed by atoms with E-state index in [1.807, 2.05) is 32.0 Å². The van der Waals surface area contributed by atoms with Gasteiger partial charge in [0.05, 0.1) is 17.5 Å². The third-order valence-electron chi connectivity index (χ3n) is 4.97. The molecule has 164 valence electrons. The minimum atomic E-state index is -0.506. The summed E-state index contributed by atoms with van der Waals surface area (Å²) in [5.41, 5.74) is 1.45. The first-order valence-corrected chi connectivity index (χ1v) is 9.98. The first-order valence-electron chi connectivity index (χ1n) is 9.98. The van der Waals surface area contributed by atoms with Gasteiger partial charge in [0, 0.05) is 17.2 Å². The minimum Gasteiger partial charge on any atom is -0.486 e. The van der Waals surface area contributed by atoms with E-state index in [1.165, 1.54) is 18.2 Å². The summed E-state index contributed by atoms with van der Waals surface area (Å²) >= 11 is 0. The predicted octanol–water partition coefficient (Wildman–Crippen LogP) is 2.92. The molecule has 0 saturated heterocycles. The first kappa shape index (κ1) is 22.1. The quantitative estimate of drug-likeness (QED) is 0.518. The van der Waals surface area contributed by atoms with E-state index < -0.39 is 10.8 Å². The molecule has 0 aliphatic carbocycles. The van der Waals surface area contributed by atoms with Crippen molar-refractivity contribution >= 4 is 17.5 Å². The van der Waals surface area contributed by atoms with Crippen LogP contribution in [-0.2, 0) is 4.79 Å². The van der Waals surface area contributed by atoms with Gasteiger partial charge in [-0.2, -0.15) is 0 Å². The van der Waals surface area contributed by atoms with Crippen LogP contribution in [0.25, 0.3) is 0 Å². The molecule has 2 aromatic rings. The normalized spacial score (nSPS) is 13.4. The number of benzene rings is 2. The van der Waals surface area contributed by atoms with Gasteiger partial charge >= 0.3 is 0 Å². The molecule has 31 heavy (non-hydrogen) atoms. The SMILES string of the molecule is Cc1cc(C(=O)NCC(=O)NC(c2ccc3c(c2)OCCO3)C(C)C)ccc1[N+](=O)[O-]. The summed E-state index contributed by atoms with van der Waals surface area (Å²) < 4.78 is 11.2. The van der Waals surface area contributed by atoms with E-state index in [1.54, 1.807) is 6.92 Å². The number of rotatable bonds is 7. The molecule has 0 saturated carbocycles. The fourth-order valence-electron chi connectivity index (χ4n) is 3.38. The predicted molar refractivity (Wildman–Crippen MR) is 113 cm³/mol. The number of aryl methyl sites for hydroxylation is 1. The van der Waals surface area contributed by atoms with E-state index in [4.69, 9.17) is 9.47 Å². The highest BCUT2D eigenvalue weighted by Crippen LogP contribution is 2.34. The highest BCUT2D eigenvalue weighted by atomic mass is 16.6. The lowest BCUT2D eigenvalue weighted by Gasteiger charge is -2.25. The van der Waals surface area contributed by atoms with Gasteiger partial charge in [-0.1, -0.05) is 19.9 Å². The molecule has 0 spiro atoms. The van der Waals surface area contributed by atoms with Crippen molar-refractivity contribution in [3.8, 4) is 11.5 Å². The van der Waals surface area contributed by atoms with Crippen LogP contribution >= 0.6 is 0 Å². The van der Waals surface area contributed by atoms with Crippen LogP contribution in [0, 0.1) is 23.0 Å². The van der Waals surface area contributed by atoms with Crippen LogP contribution in [0.2, 0.25) is 0 Å². The zero-order chi connectivity index (χ0) is 22.5. The number of ether oxygens (including phenoxy) is 2. The van der Waals surface area contributed by atoms with E-state index in [0.717, 1.165) is 5.56 Å². The van der Waals surface area contributed by atoms with E-state index in [9.17, 15) is 19.7 Å². The van der Waals surface area contributed by atoms with Crippen molar-refractivity contribution in [3.63, 3.8) is 0 Å². The Morgan fingerprint density at radius 2 is 1.81 bits per heavy atom. The lowest BCUT2D eigenvalue weighted by molar-refractivity contribution is -0.385. The van der Waals surface area contributed by atoms with Crippen LogP contribution in [0.3, 0.4) is 0 Å². The average Bonchev–Trinajstić information content (AvgIpc) is 2.74. The topological polar surface area (TPSA) is 120 Å². The molecule has 2 amide bonds. The number of hydrogen-bond donors (Lipinski definition) is 2. The van der Waals surface area contributed by atoms with Crippen molar-refractivity contribution in [1.29, 1.82) is 0 Å². The van der Waals surface area contributed by atoms with E-state index >= 15 is 0 Å². The monoisotopic (exact) mass is 427 g/mol. The Kier molecular flexibility index (Phi) is 6.74. The summed E-state index contributed by atoms with van der Waals surface area (Å²) in [6.07, 6.45) is 0. The van der Waals surface area contributed by atoms with Gasteiger partial charge in [-0.25, -0.2) is 0 Å². The molecule has 0 fully saturated rings. The molecule has 2 N–H and O–H groups in total. The lowest BCUT2D eigenvalue weighted by atomic mass is 9.95. The molecule has 0 bridgehead atoms. The van der Waals surface area contributed by atoms with Crippen molar-refractivity contribution in [2.24, 2.45) is 5.92 Å². The number of nitro groups is 1. The molecule has 1 heterocycles. The number of carbonyl (C=O) groups excluding carboxylic acids is 2. The second-order valence-electron chi connectivity index (χ2n) is 7.63. The fourth-order valence-corrected chi connectivity index (χ4v) is 3.38. The summed E-state index contributed by atoms with van der Waals surface area (Å²) in [6, 6.07) is 9.36. The van der Waals surface area contributed by atoms with Crippen molar-refractivity contribution < 1.29 is 24.0 Å². The van der Waals surface area contributed by atoms with Gasteiger partial charge in [0.25, 0.3) is 11.6 Å². The summed E-state index contributed by atoms with van der Waals surface area (Å²) in [4.78, 5) is 35.2. The molecule has 2 aromatic carbocycles. The standard InChI is InChI=1S/C22H25N3O6/c1-13(2)21(15-5-7-18-19(11-15)31-9-8-30-18)24-20(26)12-23-22(27)16-4-6-17(25(28)29)14(3)10-16/h4-7,10-11,13,21H,8-9,12H2,1-3H3,(H,23,27)(H,24,26). The van der Waals surface area contributed by atoms with Gasteiger partial charge in [-0.15, -0.1) is 0 Å². The van der Waals surface area contributed by atoms with Gasteiger partial charge in [-0.3, -0.25) is 19.7 Å². The molecule has 1 unspecified atom stereocenters. The van der Waals surface area contributed by atoms with Crippen molar-refractivity contribution in [3.05, 3.63) is 63.2 Å². The summed E-state index contributed by atoms with van der Waals surface area (Å²) in [5, 5.41) is 16.4. The van der Waals surface area contributed by atoms with Crippen molar-refractivity contribution in [1.82, 2.24) is 10.6 Å². The second-order valence-corrected chi connectivity index (χ2v) is 7.63. The molecule has 1 atom stereocenters. The summed E-state index contributed by atoms with van der Waals surface area (Å²) in [5.74, 6) is 0.591. The molecule has 9 heteroatoms. The maximum absolute atomic E-state index is 12.5. The Labute approximate surface area is 179 Å². The number of nitro benzene ring substituents is 1. The minimum absolute atomic E-state index is 0.0616. The van der Waals surface area contributed by atoms with E-state index in [2.05, 4.69) is 10.6 Å². The van der Waals surface area contributed by atoms with E-state index in [-0.39, 0.29) is 35.7 Å². The van der Waals surface area contributed by atoms with Gasteiger partial charge in [0.15, 0.2) is 11.5 Å². The molecular formula is C22H25N3O6. The van der Waals surface area contributed by atoms with Crippen molar-refractivity contribution in [2.45, 2.75) is 26.8 Å². The Hall–Kier alpha value is -3.62.